The van der Waals surface area contributed by atoms with Crippen molar-refractivity contribution in [2.45, 2.75) is 32.4 Å². The molecule has 102 valence electrons. The van der Waals surface area contributed by atoms with Gasteiger partial charge in [0.25, 0.3) is 5.91 Å². The fraction of sp³-hybridized carbons (Fsp3) is 0.385. The minimum Gasteiger partial charge on any atom is -0.435 e. The molecule has 0 radical (unpaired) electrons. The van der Waals surface area contributed by atoms with Gasteiger partial charge in [-0.1, -0.05) is 6.92 Å². The number of ether oxygens (including phenoxy) is 1. The van der Waals surface area contributed by atoms with Crippen molar-refractivity contribution in [3.05, 3.63) is 29.8 Å². The Morgan fingerprint density at radius 3 is 2.53 bits per heavy atom. The fourth-order valence-corrected chi connectivity index (χ4v) is 1.46. The molecule has 19 heavy (non-hydrogen) atoms. The van der Waals surface area contributed by atoms with Gasteiger partial charge in [0.1, 0.15) is 5.75 Å². The van der Waals surface area contributed by atoms with Gasteiger partial charge in [0.15, 0.2) is 0 Å². The quantitative estimate of drug-likeness (QED) is 0.862. The lowest BCUT2D eigenvalue weighted by molar-refractivity contribution is -0.0498. The lowest BCUT2D eigenvalue weighted by atomic mass is 10.1. The standard InChI is InChI=1S/C13H14F2N2O2/c1-2-10(7-8-16)17-12(18)9-3-5-11(6-4-9)19-13(14)15/h3-6,10,13H,2,7H2,1H3,(H,17,18). The number of nitriles is 1. The molecule has 1 atom stereocenters. The van der Waals surface area contributed by atoms with E-state index in [2.05, 4.69) is 10.1 Å². The minimum atomic E-state index is -2.89. The molecule has 0 fully saturated rings. The first-order valence-corrected chi connectivity index (χ1v) is 5.79. The molecule has 0 aromatic heterocycles. The maximum absolute atomic E-state index is 12.0. The van der Waals surface area contributed by atoms with Crippen LogP contribution < -0.4 is 10.1 Å². The average Bonchev–Trinajstić information content (AvgIpc) is 2.38. The maximum Gasteiger partial charge on any atom is 0.387 e. The van der Waals surface area contributed by atoms with Crippen molar-refractivity contribution in [1.82, 2.24) is 5.32 Å². The van der Waals surface area contributed by atoms with Gasteiger partial charge in [-0.05, 0) is 30.7 Å². The van der Waals surface area contributed by atoms with Gasteiger partial charge in [-0.15, -0.1) is 0 Å². The van der Waals surface area contributed by atoms with Gasteiger partial charge in [0.2, 0.25) is 0 Å². The number of nitrogens with zero attached hydrogens (tertiary/aromatic N) is 1. The molecule has 0 aliphatic rings. The number of hydrogen-bond acceptors (Lipinski definition) is 3. The summed E-state index contributed by atoms with van der Waals surface area (Å²) in [5, 5.41) is 11.3. The summed E-state index contributed by atoms with van der Waals surface area (Å²) in [6, 6.07) is 7.16. The van der Waals surface area contributed by atoms with Crippen LogP contribution in [0.5, 0.6) is 5.75 Å². The second-order valence-electron chi connectivity index (χ2n) is 3.84. The number of halogens is 2. The lowest BCUT2D eigenvalue weighted by Crippen LogP contribution is -2.34. The Labute approximate surface area is 110 Å². The number of hydrogen-bond donors (Lipinski definition) is 1. The van der Waals surface area contributed by atoms with E-state index in [9.17, 15) is 13.6 Å². The van der Waals surface area contributed by atoms with Crippen molar-refractivity contribution in [1.29, 1.82) is 5.26 Å². The van der Waals surface area contributed by atoms with Crippen molar-refractivity contribution in [3.8, 4) is 11.8 Å². The Morgan fingerprint density at radius 1 is 1.42 bits per heavy atom. The van der Waals surface area contributed by atoms with Gasteiger partial charge in [-0.2, -0.15) is 14.0 Å². The van der Waals surface area contributed by atoms with Gasteiger partial charge in [-0.3, -0.25) is 4.79 Å². The molecule has 4 nitrogen and oxygen atoms in total. The summed E-state index contributed by atoms with van der Waals surface area (Å²) in [7, 11) is 0. The van der Waals surface area contributed by atoms with E-state index in [1.807, 2.05) is 13.0 Å². The monoisotopic (exact) mass is 268 g/mol. The second kappa shape index (κ2) is 7.31. The molecule has 0 aliphatic heterocycles. The average molecular weight is 268 g/mol. The summed E-state index contributed by atoms with van der Waals surface area (Å²) in [5.41, 5.74) is 0.331. The fourth-order valence-electron chi connectivity index (χ4n) is 1.46. The molecular weight excluding hydrogens is 254 g/mol. The van der Waals surface area contributed by atoms with Crippen LogP contribution in [-0.4, -0.2) is 18.6 Å². The molecule has 0 spiro atoms. The number of rotatable bonds is 6. The largest absolute Gasteiger partial charge is 0.435 e. The van der Waals surface area contributed by atoms with Crippen LogP contribution in [0.3, 0.4) is 0 Å². The van der Waals surface area contributed by atoms with Crippen LogP contribution in [0, 0.1) is 11.3 Å². The van der Waals surface area contributed by atoms with Crippen LogP contribution in [0.15, 0.2) is 24.3 Å². The molecule has 0 bridgehead atoms. The molecule has 0 saturated carbocycles. The molecule has 0 heterocycles. The zero-order chi connectivity index (χ0) is 14.3. The molecule has 1 unspecified atom stereocenters. The first-order chi connectivity index (χ1) is 9.06. The summed E-state index contributed by atoms with van der Waals surface area (Å²) >= 11 is 0. The van der Waals surface area contributed by atoms with Gasteiger partial charge in [0, 0.05) is 11.6 Å². The zero-order valence-corrected chi connectivity index (χ0v) is 10.4. The van der Waals surface area contributed by atoms with Crippen molar-refractivity contribution in [3.63, 3.8) is 0 Å². The Hall–Kier alpha value is -2.16. The highest BCUT2D eigenvalue weighted by Gasteiger charge is 2.12. The molecule has 0 saturated heterocycles. The topological polar surface area (TPSA) is 62.1 Å². The van der Waals surface area contributed by atoms with Crippen LogP contribution in [0.4, 0.5) is 8.78 Å². The van der Waals surface area contributed by atoms with E-state index in [0.29, 0.717) is 12.0 Å². The van der Waals surface area contributed by atoms with Crippen LogP contribution in [-0.2, 0) is 0 Å². The van der Waals surface area contributed by atoms with Crippen molar-refractivity contribution in [2.24, 2.45) is 0 Å². The van der Waals surface area contributed by atoms with Gasteiger partial charge in [-0.25, -0.2) is 0 Å². The Kier molecular flexibility index (Phi) is 5.73. The van der Waals surface area contributed by atoms with Crippen molar-refractivity contribution in [2.75, 3.05) is 0 Å². The van der Waals surface area contributed by atoms with Crippen LogP contribution in [0.25, 0.3) is 0 Å². The Balaban J connectivity index is 2.65. The van der Waals surface area contributed by atoms with Crippen LogP contribution in [0.1, 0.15) is 30.1 Å². The zero-order valence-electron chi connectivity index (χ0n) is 10.4. The summed E-state index contributed by atoms with van der Waals surface area (Å²) in [5.74, 6) is -0.346. The van der Waals surface area contributed by atoms with Gasteiger partial charge in [0.05, 0.1) is 12.5 Å². The molecule has 1 amide bonds. The maximum atomic E-state index is 12.0. The Bertz CT molecular complexity index is 455. The highest BCUT2D eigenvalue weighted by atomic mass is 19.3. The van der Waals surface area contributed by atoms with E-state index in [0.717, 1.165) is 0 Å². The molecule has 1 N–H and O–H groups in total. The summed E-state index contributed by atoms with van der Waals surface area (Å²) in [4.78, 5) is 11.8. The van der Waals surface area contributed by atoms with E-state index in [4.69, 9.17) is 5.26 Å². The summed E-state index contributed by atoms with van der Waals surface area (Å²) in [6.07, 6.45) is 0.876. The molecule has 0 aliphatic carbocycles. The van der Waals surface area contributed by atoms with Crippen molar-refractivity contribution >= 4 is 5.91 Å². The van der Waals surface area contributed by atoms with Gasteiger partial charge >= 0.3 is 6.61 Å². The number of carbonyl (C=O) groups excluding carboxylic acids is 1. The number of alkyl halides is 2. The summed E-state index contributed by atoms with van der Waals surface area (Å²) in [6.45, 7) is -1.03. The predicted molar refractivity (Wildman–Crippen MR) is 64.8 cm³/mol. The number of carbonyl (C=O) groups is 1. The summed E-state index contributed by atoms with van der Waals surface area (Å²) < 4.78 is 28.1. The molecular formula is C13H14F2N2O2. The number of amides is 1. The molecule has 6 heteroatoms. The first-order valence-electron chi connectivity index (χ1n) is 5.79. The Morgan fingerprint density at radius 2 is 2.05 bits per heavy atom. The molecule has 1 aromatic rings. The van der Waals surface area contributed by atoms with Crippen molar-refractivity contribution < 1.29 is 18.3 Å². The SMILES string of the molecule is CCC(CC#N)NC(=O)c1ccc(OC(F)F)cc1. The lowest BCUT2D eigenvalue weighted by Gasteiger charge is -2.13. The first kappa shape index (κ1) is 14.9. The van der Waals surface area contributed by atoms with E-state index < -0.39 is 6.61 Å². The van der Waals surface area contributed by atoms with E-state index in [1.54, 1.807) is 0 Å². The number of benzene rings is 1. The third kappa shape index (κ3) is 4.92. The molecule has 1 rings (SSSR count). The highest BCUT2D eigenvalue weighted by Crippen LogP contribution is 2.15. The second-order valence-corrected chi connectivity index (χ2v) is 3.84. The van der Waals surface area contributed by atoms with E-state index in [-0.39, 0.29) is 24.1 Å². The smallest absolute Gasteiger partial charge is 0.387 e. The van der Waals surface area contributed by atoms with E-state index >= 15 is 0 Å². The normalized spacial score (nSPS) is 11.7. The van der Waals surface area contributed by atoms with Crippen LogP contribution in [0.2, 0.25) is 0 Å². The third-order valence-corrected chi connectivity index (χ3v) is 2.51. The highest BCUT2D eigenvalue weighted by molar-refractivity contribution is 5.94. The third-order valence-electron chi connectivity index (χ3n) is 2.51. The number of nitrogens with one attached hydrogen (secondary N) is 1. The van der Waals surface area contributed by atoms with Crippen LogP contribution >= 0.6 is 0 Å². The van der Waals surface area contributed by atoms with E-state index in [1.165, 1.54) is 24.3 Å². The van der Waals surface area contributed by atoms with Gasteiger partial charge < -0.3 is 10.1 Å². The minimum absolute atomic E-state index is 0.00406. The predicted octanol–water partition coefficient (Wildman–Crippen LogP) is 2.71. The molecule has 1 aromatic carbocycles.